The van der Waals surface area contributed by atoms with E-state index in [9.17, 15) is 20.0 Å². The second kappa shape index (κ2) is 7.66. The van der Waals surface area contributed by atoms with Gasteiger partial charge in [0.2, 0.25) is 0 Å². The van der Waals surface area contributed by atoms with Gasteiger partial charge in [-0.2, -0.15) is 5.10 Å². The van der Waals surface area contributed by atoms with Crippen LogP contribution in [0, 0.1) is 10.1 Å². The molecule has 1 amide bonds. The zero-order chi connectivity index (χ0) is 18.5. The molecule has 0 aliphatic carbocycles. The number of hydrogen-bond donors (Lipinski definition) is 1. The molecule has 2 aromatic carbocycles. The topological polar surface area (TPSA) is 134 Å². The van der Waals surface area contributed by atoms with Crippen molar-refractivity contribution in [2.75, 3.05) is 5.75 Å². The van der Waals surface area contributed by atoms with Crippen LogP contribution < -0.4 is 10.5 Å². The lowest BCUT2D eigenvalue weighted by Gasteiger charge is -2.08. The molecule has 0 radical (unpaired) electrons. The van der Waals surface area contributed by atoms with E-state index in [0.717, 1.165) is 36.2 Å². The van der Waals surface area contributed by atoms with Gasteiger partial charge in [-0.05, 0) is 17.7 Å². The fraction of sp³-hybridized carbons (Fsp3) is 0.0625. The molecule has 0 bridgehead atoms. The van der Waals surface area contributed by atoms with Crippen molar-refractivity contribution >= 4 is 40.7 Å². The molecular weight excluding hydrogens is 360 g/mol. The first-order chi connectivity index (χ1) is 12.5. The molecule has 3 aromatic rings. The van der Waals surface area contributed by atoms with E-state index in [2.05, 4.69) is 15.5 Å². The third kappa shape index (κ3) is 4.16. The summed E-state index contributed by atoms with van der Waals surface area (Å²) in [6, 6.07) is 10.5. The van der Waals surface area contributed by atoms with E-state index in [1.807, 2.05) is 12.1 Å². The van der Waals surface area contributed by atoms with Crippen LogP contribution in [-0.2, 0) is 4.79 Å². The number of amides is 1. The van der Waals surface area contributed by atoms with Crippen molar-refractivity contribution in [1.82, 2.24) is 10.4 Å². The summed E-state index contributed by atoms with van der Waals surface area (Å²) in [7, 11) is 0. The number of hydrogen-bond acceptors (Lipinski definition) is 8. The van der Waals surface area contributed by atoms with Crippen molar-refractivity contribution in [2.45, 2.75) is 5.22 Å². The highest BCUT2D eigenvalue weighted by Gasteiger charge is 2.09. The van der Waals surface area contributed by atoms with E-state index < -0.39 is 16.6 Å². The van der Waals surface area contributed by atoms with Crippen LogP contribution in [0.3, 0.4) is 0 Å². The number of hydrazone groups is 1. The average Bonchev–Trinajstić information content (AvgIpc) is 3.04. The Morgan fingerprint density at radius 2 is 2.15 bits per heavy atom. The third-order valence-electron chi connectivity index (χ3n) is 3.20. The average molecular weight is 371 g/mol. The van der Waals surface area contributed by atoms with Gasteiger partial charge in [0.05, 0.1) is 16.9 Å². The number of aromatic nitrogens is 1. The van der Waals surface area contributed by atoms with Crippen LogP contribution in [0.2, 0.25) is 0 Å². The fourth-order valence-electron chi connectivity index (χ4n) is 2.00. The first kappa shape index (κ1) is 17.4. The van der Waals surface area contributed by atoms with Gasteiger partial charge in [-0.1, -0.05) is 35.7 Å². The van der Waals surface area contributed by atoms with Gasteiger partial charge in [-0.25, -0.2) is 10.4 Å². The first-order valence-electron chi connectivity index (χ1n) is 7.28. The minimum atomic E-state index is -0.619. The van der Waals surface area contributed by atoms with Crippen molar-refractivity contribution in [3.8, 4) is 5.75 Å². The summed E-state index contributed by atoms with van der Waals surface area (Å²) in [6.45, 7) is 0. The summed E-state index contributed by atoms with van der Waals surface area (Å²) in [5.74, 6) is -0.871. The second-order valence-corrected chi connectivity index (χ2v) is 5.94. The number of rotatable bonds is 6. The van der Waals surface area contributed by atoms with Gasteiger partial charge in [0, 0.05) is 12.1 Å². The summed E-state index contributed by atoms with van der Waals surface area (Å²) < 4.78 is 5.47. The number of benzene rings is 2. The maximum absolute atomic E-state index is 11.8. The third-order valence-corrected chi connectivity index (χ3v) is 4.03. The molecule has 132 valence electrons. The smallest absolute Gasteiger partial charge is 0.270 e. The van der Waals surface area contributed by atoms with Crippen LogP contribution in [0.25, 0.3) is 11.1 Å². The van der Waals surface area contributed by atoms with Crippen molar-refractivity contribution < 1.29 is 19.2 Å². The lowest BCUT2D eigenvalue weighted by molar-refractivity contribution is -0.385. The lowest BCUT2D eigenvalue weighted by Crippen LogP contribution is -2.19. The number of nitrogens with zero attached hydrogens (tertiary/aromatic N) is 3. The number of carbonyl (C=O) groups is 1. The molecular formula is C16H11N4O5S-. The number of nitro groups is 1. The predicted molar refractivity (Wildman–Crippen MR) is 93.0 cm³/mol. The van der Waals surface area contributed by atoms with Crippen LogP contribution in [0.4, 0.5) is 5.69 Å². The van der Waals surface area contributed by atoms with Crippen LogP contribution in [-0.4, -0.2) is 27.8 Å². The predicted octanol–water partition coefficient (Wildman–Crippen LogP) is 2.05. The summed E-state index contributed by atoms with van der Waals surface area (Å²) in [5.41, 5.74) is 3.34. The monoisotopic (exact) mass is 371 g/mol. The van der Waals surface area contributed by atoms with Gasteiger partial charge in [-0.3, -0.25) is 14.9 Å². The maximum atomic E-state index is 11.8. The molecule has 0 spiro atoms. The van der Waals surface area contributed by atoms with E-state index in [-0.39, 0.29) is 17.0 Å². The quantitative estimate of drug-likeness (QED) is 0.303. The minimum Gasteiger partial charge on any atom is -0.872 e. The molecule has 0 saturated carbocycles. The molecule has 26 heavy (non-hydrogen) atoms. The second-order valence-electron chi connectivity index (χ2n) is 5.01. The van der Waals surface area contributed by atoms with Gasteiger partial charge in [-0.15, -0.1) is 0 Å². The molecule has 0 aliphatic rings. The molecule has 0 fully saturated rings. The Bertz CT molecular complexity index is 968. The van der Waals surface area contributed by atoms with E-state index in [4.69, 9.17) is 4.42 Å². The maximum Gasteiger partial charge on any atom is 0.270 e. The standard InChI is InChI=1S/C16H12N4O5S/c21-13-6-5-11(20(23)24)7-10(13)8-17-19-15(22)9-26-16-18-12-3-1-2-4-14(12)25-16/h1-8,21H,9H2,(H,19,22)/p-1/b17-8-. The Hall–Kier alpha value is -3.40. The number of para-hydroxylation sites is 2. The molecule has 0 saturated heterocycles. The lowest BCUT2D eigenvalue weighted by atomic mass is 10.2. The highest BCUT2D eigenvalue weighted by molar-refractivity contribution is 7.99. The molecule has 9 nitrogen and oxygen atoms in total. The zero-order valence-electron chi connectivity index (χ0n) is 13.1. The molecule has 1 aromatic heterocycles. The van der Waals surface area contributed by atoms with Crippen LogP contribution in [0.5, 0.6) is 5.75 Å². The molecule has 1 N–H and O–H groups in total. The van der Waals surface area contributed by atoms with Gasteiger partial charge in [0.1, 0.15) is 5.52 Å². The number of thioether (sulfide) groups is 1. The summed E-state index contributed by atoms with van der Waals surface area (Å²) in [6.07, 6.45) is 1.07. The zero-order valence-corrected chi connectivity index (χ0v) is 13.9. The van der Waals surface area contributed by atoms with E-state index in [0.29, 0.717) is 16.3 Å². The number of nitro benzene ring substituents is 1. The van der Waals surface area contributed by atoms with E-state index >= 15 is 0 Å². The Balaban J connectivity index is 1.56. The van der Waals surface area contributed by atoms with Crippen LogP contribution in [0.15, 0.2) is 57.2 Å². The molecule has 10 heteroatoms. The molecule has 3 rings (SSSR count). The Morgan fingerprint density at radius 1 is 1.35 bits per heavy atom. The van der Waals surface area contributed by atoms with Crippen molar-refractivity contribution in [1.29, 1.82) is 0 Å². The highest BCUT2D eigenvalue weighted by atomic mass is 32.2. The Morgan fingerprint density at radius 3 is 2.92 bits per heavy atom. The molecule has 1 heterocycles. The number of fused-ring (bicyclic) bond motifs is 1. The van der Waals surface area contributed by atoms with Crippen LogP contribution >= 0.6 is 11.8 Å². The first-order valence-corrected chi connectivity index (χ1v) is 8.27. The summed E-state index contributed by atoms with van der Waals surface area (Å²) in [5, 5.41) is 26.3. The van der Waals surface area contributed by atoms with Crippen LogP contribution in [0.1, 0.15) is 5.56 Å². The van der Waals surface area contributed by atoms with Crippen molar-refractivity contribution in [2.24, 2.45) is 5.10 Å². The molecule has 0 unspecified atom stereocenters. The highest BCUT2D eigenvalue weighted by Crippen LogP contribution is 2.23. The van der Waals surface area contributed by atoms with Crippen molar-refractivity contribution in [3.05, 3.63) is 58.1 Å². The number of nitrogens with one attached hydrogen (secondary N) is 1. The number of non-ortho nitro benzene ring substituents is 1. The number of oxazole rings is 1. The Kier molecular flexibility index (Phi) is 5.13. The van der Waals surface area contributed by atoms with Gasteiger partial charge in [0.15, 0.2) is 5.58 Å². The molecule has 0 atom stereocenters. The van der Waals surface area contributed by atoms with Gasteiger partial charge >= 0.3 is 0 Å². The molecule has 0 aliphatic heterocycles. The number of carbonyl (C=O) groups excluding carboxylic acids is 1. The van der Waals surface area contributed by atoms with Crippen molar-refractivity contribution in [3.63, 3.8) is 0 Å². The normalized spacial score (nSPS) is 11.1. The summed E-state index contributed by atoms with van der Waals surface area (Å²) in [4.78, 5) is 26.1. The SMILES string of the molecule is O=C(CSc1nc2ccccc2o1)N/N=C\c1cc([N+](=O)[O-])ccc1[O-]. The fourth-order valence-corrected chi connectivity index (χ4v) is 2.63. The van der Waals surface area contributed by atoms with Gasteiger partial charge < -0.3 is 9.52 Å². The minimum absolute atomic E-state index is 0.00331. The Labute approximate surface area is 150 Å². The van der Waals surface area contributed by atoms with E-state index in [1.54, 1.807) is 12.1 Å². The summed E-state index contributed by atoms with van der Waals surface area (Å²) >= 11 is 1.10. The largest absolute Gasteiger partial charge is 0.872 e. The van der Waals surface area contributed by atoms with Gasteiger partial charge in [0.25, 0.3) is 16.8 Å². The van der Waals surface area contributed by atoms with E-state index in [1.165, 1.54) is 0 Å².